The average Bonchev–Trinajstić information content (AvgIpc) is 3.77. The van der Waals surface area contributed by atoms with Crippen molar-refractivity contribution in [3.05, 3.63) is 199 Å². The van der Waals surface area contributed by atoms with E-state index in [0.29, 0.717) is 5.58 Å². The first-order valence-corrected chi connectivity index (χ1v) is 18.4. The van der Waals surface area contributed by atoms with Gasteiger partial charge in [-0.1, -0.05) is 97.1 Å². The van der Waals surface area contributed by atoms with Crippen LogP contribution < -0.4 is 5.63 Å². The summed E-state index contributed by atoms with van der Waals surface area (Å²) in [6.45, 7) is 0. The molecule has 5 nitrogen and oxygen atoms in total. The topological polar surface area (TPSA) is 53.0 Å². The minimum atomic E-state index is -0.397. The molecule has 0 radical (unpaired) electrons. The van der Waals surface area contributed by atoms with Gasteiger partial charge in [-0.15, -0.1) is 0 Å². The third-order valence-electron chi connectivity index (χ3n) is 10.9. The van der Waals surface area contributed by atoms with E-state index in [4.69, 9.17) is 4.42 Å². The predicted octanol–water partition coefficient (Wildman–Crippen LogP) is 12.4. The molecule has 4 heterocycles. The van der Waals surface area contributed by atoms with Crippen molar-refractivity contribution in [3.63, 3.8) is 0 Å². The molecule has 0 fully saturated rings. The van der Waals surface area contributed by atoms with Gasteiger partial charge in [0.1, 0.15) is 5.58 Å². The Morgan fingerprint density at radius 3 is 1.31 bits per heavy atom. The van der Waals surface area contributed by atoms with E-state index >= 15 is 0 Å². The maximum absolute atomic E-state index is 13.2. The molecule has 0 saturated heterocycles. The molecule has 0 amide bonds. The smallest absolute Gasteiger partial charge is 0.336 e. The minimum absolute atomic E-state index is 0.397. The fourth-order valence-corrected chi connectivity index (χ4v) is 8.41. The standard InChI is InChI=1S/C50H31N3O2/c54-49-31-42(34-25-27-51-28-26-34)44-30-35(32-17-21-36(22-18-32)52-45-13-5-1-9-38(45)39-10-2-6-14-46(39)52)29-43(50(44)55-49)33-19-23-37(24-20-33)53-47-15-7-3-11-40(47)41-12-4-8-16-48(41)53/h1-31H. The molecule has 0 aliphatic carbocycles. The first kappa shape index (κ1) is 31.1. The molecule has 11 rings (SSSR count). The zero-order valence-electron chi connectivity index (χ0n) is 29.6. The molecule has 5 heteroatoms. The van der Waals surface area contributed by atoms with E-state index < -0.39 is 5.63 Å². The van der Waals surface area contributed by atoms with Crippen LogP contribution in [0.15, 0.2) is 198 Å². The molecule has 55 heavy (non-hydrogen) atoms. The third kappa shape index (κ3) is 4.94. The van der Waals surface area contributed by atoms with Crippen molar-refractivity contribution in [3.8, 4) is 44.8 Å². The number of fused-ring (bicyclic) bond motifs is 7. The van der Waals surface area contributed by atoms with Crippen molar-refractivity contribution in [1.29, 1.82) is 0 Å². The van der Waals surface area contributed by atoms with Crippen LogP contribution >= 0.6 is 0 Å². The van der Waals surface area contributed by atoms with Crippen LogP contribution in [0.5, 0.6) is 0 Å². The Balaban J connectivity index is 1.09. The second-order valence-corrected chi connectivity index (χ2v) is 13.9. The number of nitrogens with zero attached hydrogens (tertiary/aromatic N) is 3. The van der Waals surface area contributed by atoms with Gasteiger partial charge in [0, 0.05) is 62.3 Å². The maximum Gasteiger partial charge on any atom is 0.336 e. The van der Waals surface area contributed by atoms with Crippen LogP contribution in [-0.2, 0) is 0 Å². The summed E-state index contributed by atoms with van der Waals surface area (Å²) in [4.78, 5) is 17.5. The molecule has 0 aliphatic rings. The number of rotatable bonds is 5. The summed E-state index contributed by atoms with van der Waals surface area (Å²) >= 11 is 0. The van der Waals surface area contributed by atoms with Crippen LogP contribution in [0.2, 0.25) is 0 Å². The van der Waals surface area contributed by atoms with E-state index in [2.05, 4.69) is 172 Å². The van der Waals surface area contributed by atoms with Crippen LogP contribution in [-0.4, -0.2) is 14.1 Å². The predicted molar refractivity (Wildman–Crippen MR) is 225 cm³/mol. The van der Waals surface area contributed by atoms with E-state index in [1.165, 1.54) is 32.6 Å². The molecule has 0 unspecified atom stereocenters. The lowest BCUT2D eigenvalue weighted by atomic mass is 9.93. The summed E-state index contributed by atoms with van der Waals surface area (Å²) < 4.78 is 10.7. The van der Waals surface area contributed by atoms with Crippen LogP contribution in [0.1, 0.15) is 0 Å². The number of hydrogen-bond acceptors (Lipinski definition) is 3. The van der Waals surface area contributed by atoms with Crippen molar-refractivity contribution in [1.82, 2.24) is 14.1 Å². The lowest BCUT2D eigenvalue weighted by molar-refractivity contribution is 0.562. The Hall–Kier alpha value is -7.50. The van der Waals surface area contributed by atoms with Crippen LogP contribution in [0.25, 0.3) is 99.3 Å². The molecule has 0 saturated carbocycles. The Kier molecular flexibility index (Phi) is 6.94. The Bertz CT molecular complexity index is 3210. The lowest BCUT2D eigenvalue weighted by Crippen LogP contribution is -2.00. The Labute approximate surface area is 315 Å². The molecular formula is C50H31N3O2. The molecule has 0 atom stereocenters. The normalized spacial score (nSPS) is 11.7. The van der Waals surface area contributed by atoms with Gasteiger partial charge in [-0.25, -0.2) is 4.79 Å². The summed E-state index contributed by atoms with van der Waals surface area (Å²) in [5, 5.41) is 5.76. The highest BCUT2D eigenvalue weighted by atomic mass is 16.4. The van der Waals surface area contributed by atoms with Gasteiger partial charge >= 0.3 is 5.63 Å². The highest BCUT2D eigenvalue weighted by Gasteiger charge is 2.18. The minimum Gasteiger partial charge on any atom is -0.422 e. The Morgan fingerprint density at radius 1 is 0.382 bits per heavy atom. The van der Waals surface area contributed by atoms with Crippen molar-refractivity contribution < 1.29 is 4.42 Å². The van der Waals surface area contributed by atoms with Gasteiger partial charge in [0.15, 0.2) is 0 Å². The van der Waals surface area contributed by atoms with E-state index in [9.17, 15) is 4.79 Å². The van der Waals surface area contributed by atoms with E-state index in [1.807, 2.05) is 12.1 Å². The molecular weight excluding hydrogens is 675 g/mol. The van der Waals surface area contributed by atoms with Gasteiger partial charge in [0.2, 0.25) is 0 Å². The van der Waals surface area contributed by atoms with Crippen molar-refractivity contribution in [2.24, 2.45) is 0 Å². The first-order valence-electron chi connectivity index (χ1n) is 18.4. The second kappa shape index (κ2) is 12.3. The fourth-order valence-electron chi connectivity index (χ4n) is 8.41. The first-order chi connectivity index (χ1) is 27.2. The fraction of sp³-hybridized carbons (Fsp3) is 0. The quantitative estimate of drug-likeness (QED) is 0.168. The highest BCUT2D eigenvalue weighted by Crippen LogP contribution is 2.40. The molecule has 0 spiro atoms. The number of pyridine rings is 1. The highest BCUT2D eigenvalue weighted by molar-refractivity contribution is 6.10. The van der Waals surface area contributed by atoms with Crippen LogP contribution in [0.4, 0.5) is 0 Å². The van der Waals surface area contributed by atoms with E-state index in [0.717, 1.165) is 61.2 Å². The van der Waals surface area contributed by atoms with Gasteiger partial charge in [0.05, 0.1) is 22.1 Å². The summed E-state index contributed by atoms with van der Waals surface area (Å²) in [5.74, 6) is 0. The van der Waals surface area contributed by atoms with E-state index in [1.54, 1.807) is 18.5 Å². The summed E-state index contributed by atoms with van der Waals surface area (Å²) in [5.41, 5.74) is 12.5. The summed E-state index contributed by atoms with van der Waals surface area (Å²) in [7, 11) is 0. The van der Waals surface area contributed by atoms with Gasteiger partial charge in [-0.2, -0.15) is 0 Å². The zero-order chi connectivity index (χ0) is 36.5. The summed E-state index contributed by atoms with van der Waals surface area (Å²) in [6.07, 6.45) is 3.50. The van der Waals surface area contributed by atoms with Crippen molar-refractivity contribution in [2.45, 2.75) is 0 Å². The van der Waals surface area contributed by atoms with Crippen molar-refractivity contribution >= 4 is 54.6 Å². The Morgan fingerprint density at radius 2 is 0.818 bits per heavy atom. The summed E-state index contributed by atoms with van der Waals surface area (Å²) in [6, 6.07) is 61.2. The number of aromatic nitrogens is 3. The zero-order valence-corrected chi connectivity index (χ0v) is 29.6. The van der Waals surface area contributed by atoms with Crippen LogP contribution in [0.3, 0.4) is 0 Å². The van der Waals surface area contributed by atoms with Crippen LogP contribution in [0, 0.1) is 0 Å². The average molecular weight is 706 g/mol. The SMILES string of the molecule is O=c1cc(-c2ccncc2)c2cc(-c3ccc(-n4c5ccccc5c5ccccc54)cc3)cc(-c3ccc(-n4c5ccccc5c5ccccc54)cc3)c2o1. The largest absolute Gasteiger partial charge is 0.422 e. The van der Waals surface area contributed by atoms with Crippen molar-refractivity contribution in [2.75, 3.05) is 0 Å². The molecule has 0 N–H and O–H groups in total. The molecule has 0 aliphatic heterocycles. The lowest BCUT2D eigenvalue weighted by Gasteiger charge is -2.15. The van der Waals surface area contributed by atoms with E-state index in [-0.39, 0.29) is 0 Å². The molecule has 0 bridgehead atoms. The second-order valence-electron chi connectivity index (χ2n) is 13.9. The molecule has 4 aromatic heterocycles. The number of para-hydroxylation sites is 4. The molecule has 7 aromatic carbocycles. The number of hydrogen-bond donors (Lipinski definition) is 0. The number of benzene rings is 7. The maximum atomic E-state index is 13.2. The van der Waals surface area contributed by atoms with Gasteiger partial charge < -0.3 is 13.6 Å². The van der Waals surface area contributed by atoms with Gasteiger partial charge in [0.25, 0.3) is 0 Å². The molecule has 11 aromatic rings. The third-order valence-corrected chi connectivity index (χ3v) is 10.9. The van der Waals surface area contributed by atoms with Gasteiger partial charge in [-0.05, 0) is 101 Å². The van der Waals surface area contributed by atoms with Gasteiger partial charge in [-0.3, -0.25) is 4.98 Å². The monoisotopic (exact) mass is 705 g/mol. The molecule has 258 valence electrons.